The van der Waals surface area contributed by atoms with E-state index in [0.717, 1.165) is 12.8 Å². The first-order valence-corrected chi connectivity index (χ1v) is 7.12. The van der Waals surface area contributed by atoms with Gasteiger partial charge < -0.3 is 9.47 Å². The van der Waals surface area contributed by atoms with Gasteiger partial charge in [-0.3, -0.25) is 4.90 Å². The molecule has 1 rings (SSSR count). The lowest BCUT2D eigenvalue weighted by atomic mass is 9.67. The van der Waals surface area contributed by atoms with Crippen molar-refractivity contribution in [1.82, 2.24) is 4.90 Å². The zero-order valence-electron chi connectivity index (χ0n) is 13.5. The van der Waals surface area contributed by atoms with Gasteiger partial charge in [0.2, 0.25) is 0 Å². The van der Waals surface area contributed by atoms with Crippen molar-refractivity contribution in [1.29, 1.82) is 0 Å². The monoisotopic (exact) mass is 285 g/mol. The van der Waals surface area contributed by atoms with Crippen molar-refractivity contribution >= 4 is 12.1 Å². The highest BCUT2D eigenvalue weighted by Crippen LogP contribution is 2.44. The fraction of sp³-hybridized carbons (Fsp3) is 0.867. The maximum Gasteiger partial charge on any atom is 0.410 e. The van der Waals surface area contributed by atoms with E-state index in [1.54, 1.807) is 27.8 Å². The van der Waals surface area contributed by atoms with Gasteiger partial charge in [-0.05, 0) is 45.4 Å². The Hall–Kier alpha value is -1.26. The van der Waals surface area contributed by atoms with Crippen LogP contribution in [0.2, 0.25) is 0 Å². The van der Waals surface area contributed by atoms with Crippen molar-refractivity contribution in [3.8, 4) is 0 Å². The second-order valence-electron chi connectivity index (χ2n) is 7.00. The summed E-state index contributed by atoms with van der Waals surface area (Å²) in [5.41, 5.74) is -0.457. The number of ether oxygens (including phenoxy) is 2. The molecule has 0 N–H and O–H groups in total. The van der Waals surface area contributed by atoms with Crippen LogP contribution in [0.3, 0.4) is 0 Å². The Morgan fingerprint density at radius 3 is 2.20 bits per heavy atom. The molecule has 5 heteroatoms. The Bertz CT molecular complexity index is 369. The van der Waals surface area contributed by atoms with Crippen LogP contribution >= 0.6 is 0 Å². The number of carbonyl (C=O) groups is 2. The molecule has 0 bridgehead atoms. The van der Waals surface area contributed by atoms with Crippen molar-refractivity contribution in [2.24, 2.45) is 5.41 Å². The Kier molecular flexibility index (Phi) is 5.05. The normalized spacial score (nSPS) is 18.7. The van der Waals surface area contributed by atoms with E-state index in [2.05, 4.69) is 6.92 Å². The number of rotatable bonds is 4. The minimum absolute atomic E-state index is 0.120. The first kappa shape index (κ1) is 16.8. The molecule has 1 aliphatic rings. The van der Waals surface area contributed by atoms with Gasteiger partial charge in [-0.25, -0.2) is 9.59 Å². The molecule has 0 aromatic heterocycles. The van der Waals surface area contributed by atoms with Crippen molar-refractivity contribution in [3.63, 3.8) is 0 Å². The van der Waals surface area contributed by atoms with E-state index in [4.69, 9.17) is 9.47 Å². The van der Waals surface area contributed by atoms with Gasteiger partial charge in [0.15, 0.2) is 0 Å². The Balaban J connectivity index is 2.76. The number of amides is 1. The summed E-state index contributed by atoms with van der Waals surface area (Å²) in [5.74, 6) is -0.383. The van der Waals surface area contributed by atoms with Gasteiger partial charge in [0, 0.05) is 7.05 Å². The van der Waals surface area contributed by atoms with Crippen LogP contribution in [0.1, 0.15) is 53.4 Å². The van der Waals surface area contributed by atoms with E-state index >= 15 is 0 Å². The third-order valence-corrected chi connectivity index (χ3v) is 3.87. The first-order chi connectivity index (χ1) is 9.08. The molecule has 1 amide bonds. The number of likely N-dealkylation sites (N-methyl/N-ethyl adjacent to an activating group) is 1. The van der Waals surface area contributed by atoms with Crippen molar-refractivity contribution in [2.75, 3.05) is 14.2 Å². The maximum atomic E-state index is 12.1. The standard InChI is InChI=1S/C15H27NO4/c1-14(2,3)20-13(18)16(5)11(12(17)19-6)10-15(4)8-7-9-15/h11H,7-10H2,1-6H3/t11-/m1/s1. The molecule has 0 heterocycles. The minimum atomic E-state index is -0.583. The van der Waals surface area contributed by atoms with Gasteiger partial charge in [0.05, 0.1) is 7.11 Å². The van der Waals surface area contributed by atoms with Gasteiger partial charge in [-0.2, -0.15) is 0 Å². The number of hydrogen-bond acceptors (Lipinski definition) is 4. The second-order valence-corrected chi connectivity index (χ2v) is 7.00. The molecule has 0 spiro atoms. The van der Waals surface area contributed by atoms with Crippen LogP contribution in [0, 0.1) is 5.41 Å². The van der Waals surface area contributed by atoms with E-state index in [0.29, 0.717) is 6.42 Å². The molecule has 0 aromatic carbocycles. The summed E-state index contributed by atoms with van der Waals surface area (Å²) in [5, 5.41) is 0. The molecule has 1 atom stereocenters. The first-order valence-electron chi connectivity index (χ1n) is 7.12. The van der Waals surface area contributed by atoms with Gasteiger partial charge in [0.1, 0.15) is 11.6 Å². The topological polar surface area (TPSA) is 55.8 Å². The molecular formula is C15H27NO4. The second kappa shape index (κ2) is 6.02. The van der Waals surface area contributed by atoms with Gasteiger partial charge in [-0.1, -0.05) is 13.3 Å². The number of methoxy groups -OCH3 is 1. The summed E-state index contributed by atoms with van der Waals surface area (Å²) in [6.45, 7) is 7.56. The Morgan fingerprint density at radius 2 is 1.85 bits per heavy atom. The van der Waals surface area contributed by atoms with Gasteiger partial charge in [0.25, 0.3) is 0 Å². The molecule has 5 nitrogen and oxygen atoms in total. The molecule has 1 saturated carbocycles. The van der Waals surface area contributed by atoms with Crippen LogP contribution < -0.4 is 0 Å². The maximum absolute atomic E-state index is 12.1. The third kappa shape index (κ3) is 4.39. The molecule has 0 saturated heterocycles. The molecule has 1 aliphatic carbocycles. The quantitative estimate of drug-likeness (QED) is 0.745. The van der Waals surface area contributed by atoms with Crippen LogP contribution in [-0.4, -0.2) is 42.8 Å². The van der Waals surface area contributed by atoms with Crippen LogP contribution in [-0.2, 0) is 14.3 Å². The van der Waals surface area contributed by atoms with Gasteiger partial charge >= 0.3 is 12.1 Å². The lowest BCUT2D eigenvalue weighted by Gasteiger charge is -2.42. The number of nitrogens with zero attached hydrogens (tertiary/aromatic N) is 1. The van der Waals surface area contributed by atoms with Crippen LogP contribution in [0.5, 0.6) is 0 Å². The van der Waals surface area contributed by atoms with Gasteiger partial charge in [-0.15, -0.1) is 0 Å². The summed E-state index contributed by atoms with van der Waals surface area (Å²) < 4.78 is 10.2. The zero-order chi connectivity index (χ0) is 15.6. The van der Waals surface area contributed by atoms with Crippen LogP contribution in [0.25, 0.3) is 0 Å². The lowest BCUT2D eigenvalue weighted by Crippen LogP contribution is -2.48. The highest BCUT2D eigenvalue weighted by molar-refractivity contribution is 5.81. The van der Waals surface area contributed by atoms with E-state index in [1.165, 1.54) is 18.4 Å². The smallest absolute Gasteiger partial charge is 0.410 e. The Morgan fingerprint density at radius 1 is 1.30 bits per heavy atom. The molecule has 0 aromatic rings. The molecule has 0 radical (unpaired) electrons. The van der Waals surface area contributed by atoms with E-state index in [-0.39, 0.29) is 11.4 Å². The van der Waals surface area contributed by atoms with E-state index < -0.39 is 17.7 Å². The number of carbonyl (C=O) groups excluding carboxylic acids is 2. The lowest BCUT2D eigenvalue weighted by molar-refractivity contribution is -0.148. The Labute approximate surface area is 121 Å². The van der Waals surface area contributed by atoms with E-state index in [9.17, 15) is 9.59 Å². The summed E-state index contributed by atoms with van der Waals surface area (Å²) in [7, 11) is 2.94. The van der Waals surface area contributed by atoms with Crippen molar-refractivity contribution in [3.05, 3.63) is 0 Å². The number of hydrogen-bond donors (Lipinski definition) is 0. The summed E-state index contributed by atoms with van der Waals surface area (Å²) in [6, 6.07) is -0.583. The van der Waals surface area contributed by atoms with Crippen molar-refractivity contribution in [2.45, 2.75) is 65.0 Å². The third-order valence-electron chi connectivity index (χ3n) is 3.87. The van der Waals surface area contributed by atoms with E-state index in [1.807, 2.05) is 0 Å². The molecule has 0 unspecified atom stereocenters. The fourth-order valence-electron chi connectivity index (χ4n) is 2.43. The SMILES string of the molecule is COC(=O)[C@@H](CC1(C)CCC1)N(C)C(=O)OC(C)(C)C. The summed E-state index contributed by atoms with van der Waals surface area (Å²) in [4.78, 5) is 25.4. The van der Waals surface area contributed by atoms with Crippen LogP contribution in [0.4, 0.5) is 4.79 Å². The zero-order valence-corrected chi connectivity index (χ0v) is 13.5. The van der Waals surface area contributed by atoms with Crippen molar-refractivity contribution < 1.29 is 19.1 Å². The molecule has 0 aliphatic heterocycles. The highest BCUT2D eigenvalue weighted by atomic mass is 16.6. The average Bonchev–Trinajstić information content (AvgIpc) is 2.29. The minimum Gasteiger partial charge on any atom is -0.467 e. The fourth-order valence-corrected chi connectivity index (χ4v) is 2.43. The molecular weight excluding hydrogens is 258 g/mol. The molecule has 1 fully saturated rings. The average molecular weight is 285 g/mol. The number of esters is 1. The highest BCUT2D eigenvalue weighted by Gasteiger charge is 2.40. The van der Waals surface area contributed by atoms with Crippen LogP contribution in [0.15, 0.2) is 0 Å². The molecule has 116 valence electrons. The predicted octanol–water partition coefficient (Wildman–Crippen LogP) is 2.98. The predicted molar refractivity (Wildman–Crippen MR) is 76.4 cm³/mol. The molecule has 20 heavy (non-hydrogen) atoms. The largest absolute Gasteiger partial charge is 0.467 e. The summed E-state index contributed by atoms with van der Waals surface area (Å²) >= 11 is 0. The summed E-state index contributed by atoms with van der Waals surface area (Å²) in [6.07, 6.45) is 3.48.